The van der Waals surface area contributed by atoms with Gasteiger partial charge in [-0.25, -0.2) is 15.0 Å². The van der Waals surface area contributed by atoms with E-state index in [2.05, 4.69) is 26.8 Å². The van der Waals surface area contributed by atoms with Crippen molar-refractivity contribution < 1.29 is 9.53 Å². The number of anilines is 3. The highest BCUT2D eigenvalue weighted by atomic mass is 16.5. The topological polar surface area (TPSA) is 85.2 Å². The van der Waals surface area contributed by atoms with Crippen LogP contribution in [0.5, 0.6) is 11.5 Å². The standard InChI is InChI=1S/C29H26N6O2/c1-18-5-4-12-35(29(18)36)21-7-9-24-23(14-21)28(31-16-30-24)33-20-6-11-27(19(2)13-20)37-22-8-10-26-25(15-22)32-17-34(26)3/h6-11,13-17H,1,4-5,12H2,2-3H3,(H,30,31,33). The Morgan fingerprint density at radius 2 is 1.89 bits per heavy atom. The molecular weight excluding hydrogens is 464 g/mol. The molecule has 1 amide bonds. The Kier molecular flexibility index (Phi) is 5.56. The molecule has 1 aliphatic heterocycles. The largest absolute Gasteiger partial charge is 0.457 e. The minimum Gasteiger partial charge on any atom is -0.457 e. The molecule has 8 heteroatoms. The van der Waals surface area contributed by atoms with Crippen molar-refractivity contribution in [1.29, 1.82) is 0 Å². The second kappa shape index (κ2) is 9.05. The molecule has 0 aliphatic carbocycles. The molecule has 0 radical (unpaired) electrons. The van der Waals surface area contributed by atoms with Crippen molar-refractivity contribution in [2.24, 2.45) is 7.05 Å². The average molecular weight is 491 g/mol. The average Bonchev–Trinajstić information content (AvgIpc) is 3.27. The molecule has 0 spiro atoms. The Bertz CT molecular complexity index is 1690. The Morgan fingerprint density at radius 1 is 1.00 bits per heavy atom. The first-order valence-electron chi connectivity index (χ1n) is 12.2. The summed E-state index contributed by atoms with van der Waals surface area (Å²) in [6.07, 6.45) is 4.98. The lowest BCUT2D eigenvalue weighted by Gasteiger charge is -2.28. The Hall–Kier alpha value is -4.72. The van der Waals surface area contributed by atoms with Crippen LogP contribution in [0.25, 0.3) is 21.9 Å². The third-order valence-corrected chi connectivity index (χ3v) is 6.70. The van der Waals surface area contributed by atoms with Crippen molar-refractivity contribution in [2.45, 2.75) is 19.8 Å². The van der Waals surface area contributed by atoms with Gasteiger partial charge in [0, 0.05) is 42.0 Å². The monoisotopic (exact) mass is 490 g/mol. The molecule has 0 saturated carbocycles. The van der Waals surface area contributed by atoms with Gasteiger partial charge in [-0.1, -0.05) is 6.58 Å². The predicted octanol–water partition coefficient (Wildman–Crippen LogP) is 6.04. The highest BCUT2D eigenvalue weighted by molar-refractivity contribution is 6.07. The number of nitrogens with one attached hydrogen (secondary N) is 1. The number of ether oxygens (including phenoxy) is 1. The number of benzene rings is 3. The number of rotatable bonds is 5. The summed E-state index contributed by atoms with van der Waals surface area (Å²) in [5.41, 5.74) is 6.05. The highest BCUT2D eigenvalue weighted by Crippen LogP contribution is 2.33. The van der Waals surface area contributed by atoms with Gasteiger partial charge >= 0.3 is 0 Å². The van der Waals surface area contributed by atoms with Gasteiger partial charge in [-0.3, -0.25) is 4.79 Å². The second-order valence-corrected chi connectivity index (χ2v) is 9.30. The fraction of sp³-hybridized carbons (Fsp3) is 0.172. The van der Waals surface area contributed by atoms with Gasteiger partial charge in [0.1, 0.15) is 23.6 Å². The molecule has 37 heavy (non-hydrogen) atoms. The number of aryl methyl sites for hydroxylation is 2. The lowest BCUT2D eigenvalue weighted by molar-refractivity contribution is -0.115. The molecule has 1 fully saturated rings. The molecule has 0 atom stereocenters. The maximum Gasteiger partial charge on any atom is 0.253 e. The zero-order valence-corrected chi connectivity index (χ0v) is 20.7. The number of piperidine rings is 1. The summed E-state index contributed by atoms with van der Waals surface area (Å²) in [5.74, 6) is 2.15. The van der Waals surface area contributed by atoms with Crippen LogP contribution in [0.4, 0.5) is 17.2 Å². The summed E-state index contributed by atoms with van der Waals surface area (Å²) in [6.45, 7) is 6.60. The molecule has 0 unspecified atom stereocenters. The molecule has 6 rings (SSSR count). The van der Waals surface area contributed by atoms with Gasteiger partial charge in [0.25, 0.3) is 5.91 Å². The minimum absolute atomic E-state index is 0.0228. The van der Waals surface area contributed by atoms with E-state index in [0.717, 1.165) is 63.2 Å². The predicted molar refractivity (Wildman–Crippen MR) is 146 cm³/mol. The summed E-state index contributed by atoms with van der Waals surface area (Å²) in [4.78, 5) is 27.7. The maximum atomic E-state index is 12.7. The summed E-state index contributed by atoms with van der Waals surface area (Å²) in [5, 5.41) is 4.25. The lowest BCUT2D eigenvalue weighted by atomic mass is 10.0. The fourth-order valence-corrected chi connectivity index (χ4v) is 4.69. The zero-order valence-electron chi connectivity index (χ0n) is 20.7. The first-order chi connectivity index (χ1) is 18.0. The number of hydrogen-bond donors (Lipinski definition) is 1. The molecule has 5 aromatic rings. The van der Waals surface area contributed by atoms with Gasteiger partial charge < -0.3 is 19.5 Å². The van der Waals surface area contributed by atoms with Crippen LogP contribution in [-0.2, 0) is 11.8 Å². The first kappa shape index (κ1) is 22.7. The van der Waals surface area contributed by atoms with Gasteiger partial charge in [0.2, 0.25) is 0 Å². The van der Waals surface area contributed by atoms with Crippen molar-refractivity contribution in [3.8, 4) is 11.5 Å². The van der Waals surface area contributed by atoms with Crippen LogP contribution in [0.15, 0.2) is 79.4 Å². The summed E-state index contributed by atoms with van der Waals surface area (Å²) < 4.78 is 8.13. The van der Waals surface area contributed by atoms with Crippen LogP contribution in [0.1, 0.15) is 18.4 Å². The van der Waals surface area contributed by atoms with E-state index in [1.54, 1.807) is 11.2 Å². The zero-order chi connectivity index (χ0) is 25.5. The molecular formula is C29H26N6O2. The number of carbonyl (C=O) groups is 1. The Labute approximate surface area is 214 Å². The normalized spacial score (nSPS) is 13.9. The maximum absolute atomic E-state index is 12.7. The number of aromatic nitrogens is 4. The lowest BCUT2D eigenvalue weighted by Crippen LogP contribution is -2.36. The molecule has 1 saturated heterocycles. The van der Waals surface area contributed by atoms with Crippen LogP contribution in [0.3, 0.4) is 0 Å². The molecule has 1 N–H and O–H groups in total. The van der Waals surface area contributed by atoms with Crippen molar-refractivity contribution in [1.82, 2.24) is 19.5 Å². The molecule has 0 bridgehead atoms. The smallest absolute Gasteiger partial charge is 0.253 e. The second-order valence-electron chi connectivity index (χ2n) is 9.30. The summed E-state index contributed by atoms with van der Waals surface area (Å²) >= 11 is 0. The molecule has 1 aliphatic rings. The van der Waals surface area contributed by atoms with Crippen LogP contribution in [0, 0.1) is 6.92 Å². The van der Waals surface area contributed by atoms with E-state index in [4.69, 9.17) is 4.74 Å². The molecule has 8 nitrogen and oxygen atoms in total. The number of carbonyl (C=O) groups excluding carboxylic acids is 1. The first-order valence-corrected chi connectivity index (χ1v) is 12.2. The van der Waals surface area contributed by atoms with E-state index in [1.165, 1.54) is 6.33 Å². The SMILES string of the molecule is C=C1CCCN(c2ccc3ncnc(Nc4ccc(Oc5ccc6c(c5)ncn6C)c(C)c4)c3c2)C1=O. The van der Waals surface area contributed by atoms with Gasteiger partial charge in [0.05, 0.1) is 22.9 Å². The van der Waals surface area contributed by atoms with Crippen LogP contribution >= 0.6 is 0 Å². The fourth-order valence-electron chi connectivity index (χ4n) is 4.69. The third kappa shape index (κ3) is 4.27. The van der Waals surface area contributed by atoms with Crippen molar-refractivity contribution in [3.63, 3.8) is 0 Å². The van der Waals surface area contributed by atoms with E-state index in [0.29, 0.717) is 17.9 Å². The van der Waals surface area contributed by atoms with Crippen LogP contribution in [-0.4, -0.2) is 32.0 Å². The van der Waals surface area contributed by atoms with Crippen molar-refractivity contribution >= 4 is 45.0 Å². The third-order valence-electron chi connectivity index (χ3n) is 6.70. The molecule has 184 valence electrons. The molecule has 3 heterocycles. The molecule has 3 aromatic carbocycles. The van der Waals surface area contributed by atoms with Gasteiger partial charge in [-0.2, -0.15) is 0 Å². The highest BCUT2D eigenvalue weighted by Gasteiger charge is 2.23. The summed E-state index contributed by atoms with van der Waals surface area (Å²) in [7, 11) is 1.97. The number of amides is 1. The number of fused-ring (bicyclic) bond motifs is 2. The molecule has 2 aromatic heterocycles. The Balaban J connectivity index is 1.26. The summed E-state index contributed by atoms with van der Waals surface area (Å²) in [6, 6.07) is 17.6. The van der Waals surface area contributed by atoms with Gasteiger partial charge in [-0.15, -0.1) is 0 Å². The van der Waals surface area contributed by atoms with Crippen molar-refractivity contribution in [3.05, 3.63) is 85.0 Å². The van der Waals surface area contributed by atoms with E-state index < -0.39 is 0 Å². The van der Waals surface area contributed by atoms with Crippen LogP contribution in [0.2, 0.25) is 0 Å². The van der Waals surface area contributed by atoms with E-state index >= 15 is 0 Å². The number of imidazole rings is 1. The van der Waals surface area contributed by atoms with Gasteiger partial charge in [-0.05, 0) is 73.9 Å². The van der Waals surface area contributed by atoms with E-state index in [1.807, 2.05) is 73.1 Å². The minimum atomic E-state index is -0.0228. The van der Waals surface area contributed by atoms with Crippen molar-refractivity contribution in [2.75, 3.05) is 16.8 Å². The number of nitrogens with zero attached hydrogens (tertiary/aromatic N) is 5. The van der Waals surface area contributed by atoms with E-state index in [9.17, 15) is 4.79 Å². The van der Waals surface area contributed by atoms with E-state index in [-0.39, 0.29) is 5.91 Å². The Morgan fingerprint density at radius 3 is 2.76 bits per heavy atom. The number of hydrogen-bond acceptors (Lipinski definition) is 6. The van der Waals surface area contributed by atoms with Crippen LogP contribution < -0.4 is 15.0 Å². The van der Waals surface area contributed by atoms with Gasteiger partial charge in [0.15, 0.2) is 0 Å². The quantitative estimate of drug-likeness (QED) is 0.302.